The summed E-state index contributed by atoms with van der Waals surface area (Å²) in [5.74, 6) is 0.0989. The zero-order valence-corrected chi connectivity index (χ0v) is 10.8. The Morgan fingerprint density at radius 3 is 2.53 bits per heavy atom. The number of sulfone groups is 1. The number of hydrogen-bond acceptors (Lipinski definition) is 4. The first-order valence-electron chi connectivity index (χ1n) is 5.19. The van der Waals surface area contributed by atoms with Gasteiger partial charge in [-0.15, -0.1) is 11.3 Å². The monoisotopic (exact) mass is 267 g/mol. The van der Waals surface area contributed by atoms with Crippen molar-refractivity contribution in [1.82, 2.24) is 0 Å². The van der Waals surface area contributed by atoms with Crippen molar-refractivity contribution in [2.24, 2.45) is 0 Å². The highest BCUT2D eigenvalue weighted by molar-refractivity contribution is 7.93. The Bertz CT molecular complexity index is 589. The number of para-hydroxylation sites is 1. The molecule has 0 aliphatic heterocycles. The Balaban J connectivity index is 2.12. The Morgan fingerprint density at radius 2 is 1.88 bits per heavy atom. The second-order valence-electron chi connectivity index (χ2n) is 3.70. The third-order valence-corrected chi connectivity index (χ3v) is 5.70. The molecule has 1 heterocycles. The molecule has 0 aliphatic carbocycles. The summed E-state index contributed by atoms with van der Waals surface area (Å²) >= 11 is 1.25. The van der Waals surface area contributed by atoms with E-state index in [4.69, 9.17) is 5.73 Å². The predicted octanol–water partition coefficient (Wildman–Crippen LogP) is 2.35. The van der Waals surface area contributed by atoms with Gasteiger partial charge in [-0.1, -0.05) is 24.3 Å². The zero-order valence-electron chi connectivity index (χ0n) is 9.17. The Hall–Kier alpha value is -1.33. The van der Waals surface area contributed by atoms with Gasteiger partial charge in [0.1, 0.15) is 4.21 Å². The van der Waals surface area contributed by atoms with E-state index in [-0.39, 0.29) is 5.75 Å². The second-order valence-corrected chi connectivity index (χ2v) is 6.98. The van der Waals surface area contributed by atoms with Crippen molar-refractivity contribution >= 4 is 26.9 Å². The van der Waals surface area contributed by atoms with Crippen LogP contribution in [0, 0.1) is 0 Å². The molecule has 5 heteroatoms. The highest BCUT2D eigenvalue weighted by Gasteiger charge is 2.15. The molecule has 1 aromatic carbocycles. The van der Waals surface area contributed by atoms with E-state index in [1.807, 2.05) is 18.2 Å². The minimum atomic E-state index is -3.17. The molecule has 0 spiro atoms. The van der Waals surface area contributed by atoms with Crippen molar-refractivity contribution in [1.29, 1.82) is 0 Å². The van der Waals surface area contributed by atoms with Crippen LogP contribution in [0.15, 0.2) is 46.0 Å². The first-order chi connectivity index (χ1) is 8.09. The summed E-state index contributed by atoms with van der Waals surface area (Å²) in [7, 11) is -3.17. The van der Waals surface area contributed by atoms with Crippen LogP contribution in [0.5, 0.6) is 0 Å². The van der Waals surface area contributed by atoms with Gasteiger partial charge < -0.3 is 5.73 Å². The number of thiophene rings is 1. The van der Waals surface area contributed by atoms with Gasteiger partial charge in [0.05, 0.1) is 5.75 Å². The molecule has 2 N–H and O–H groups in total. The van der Waals surface area contributed by atoms with Crippen LogP contribution in [0.25, 0.3) is 0 Å². The highest BCUT2D eigenvalue weighted by Crippen LogP contribution is 2.19. The Morgan fingerprint density at radius 1 is 1.12 bits per heavy atom. The summed E-state index contributed by atoms with van der Waals surface area (Å²) in [5.41, 5.74) is 7.31. The SMILES string of the molecule is Nc1ccccc1CCS(=O)(=O)c1cccs1. The minimum Gasteiger partial charge on any atom is -0.399 e. The summed E-state index contributed by atoms with van der Waals surface area (Å²) in [5, 5.41) is 1.77. The number of rotatable bonds is 4. The van der Waals surface area contributed by atoms with Gasteiger partial charge in [0, 0.05) is 5.69 Å². The quantitative estimate of drug-likeness (QED) is 0.865. The maximum absolute atomic E-state index is 11.9. The van der Waals surface area contributed by atoms with E-state index in [1.54, 1.807) is 23.6 Å². The zero-order chi connectivity index (χ0) is 12.3. The predicted molar refractivity (Wildman–Crippen MR) is 70.9 cm³/mol. The van der Waals surface area contributed by atoms with Crippen molar-refractivity contribution in [2.45, 2.75) is 10.6 Å². The lowest BCUT2D eigenvalue weighted by molar-refractivity contribution is 0.597. The van der Waals surface area contributed by atoms with Crippen LogP contribution in [-0.2, 0) is 16.3 Å². The van der Waals surface area contributed by atoms with Crippen molar-refractivity contribution in [3.05, 3.63) is 47.3 Å². The first-order valence-corrected chi connectivity index (χ1v) is 7.72. The fraction of sp³-hybridized carbons (Fsp3) is 0.167. The molecule has 0 fully saturated rings. The minimum absolute atomic E-state index is 0.0989. The van der Waals surface area contributed by atoms with Gasteiger partial charge in [0.15, 0.2) is 9.84 Å². The molecule has 0 amide bonds. The smallest absolute Gasteiger partial charge is 0.188 e. The number of hydrogen-bond donors (Lipinski definition) is 1. The summed E-state index contributed by atoms with van der Waals surface area (Å²) < 4.78 is 24.3. The normalized spacial score (nSPS) is 11.5. The molecule has 0 unspecified atom stereocenters. The third-order valence-electron chi connectivity index (χ3n) is 2.50. The van der Waals surface area contributed by atoms with Gasteiger partial charge in [-0.2, -0.15) is 0 Å². The van der Waals surface area contributed by atoms with Gasteiger partial charge in [-0.05, 0) is 29.5 Å². The first kappa shape index (κ1) is 12.1. The topological polar surface area (TPSA) is 60.2 Å². The number of benzene rings is 1. The van der Waals surface area contributed by atoms with E-state index in [9.17, 15) is 8.42 Å². The van der Waals surface area contributed by atoms with Gasteiger partial charge in [0.2, 0.25) is 0 Å². The molecule has 0 aliphatic rings. The van der Waals surface area contributed by atoms with Crippen molar-refractivity contribution in [2.75, 3.05) is 11.5 Å². The van der Waals surface area contributed by atoms with E-state index < -0.39 is 9.84 Å². The molecule has 90 valence electrons. The van der Waals surface area contributed by atoms with Crippen molar-refractivity contribution in [3.8, 4) is 0 Å². The molecular formula is C12H13NO2S2. The summed E-state index contributed by atoms with van der Waals surface area (Å²) in [6, 6.07) is 10.7. The van der Waals surface area contributed by atoms with Crippen LogP contribution in [-0.4, -0.2) is 14.2 Å². The fourth-order valence-corrected chi connectivity index (χ4v) is 3.97. The number of aryl methyl sites for hydroxylation is 1. The number of anilines is 1. The maximum Gasteiger partial charge on any atom is 0.188 e. The molecular weight excluding hydrogens is 254 g/mol. The fourth-order valence-electron chi connectivity index (χ4n) is 1.55. The van der Waals surface area contributed by atoms with E-state index in [0.717, 1.165) is 5.56 Å². The number of nitrogen functional groups attached to an aromatic ring is 1. The molecule has 0 saturated heterocycles. The molecule has 2 rings (SSSR count). The molecule has 2 aromatic rings. The average molecular weight is 267 g/mol. The van der Waals surface area contributed by atoms with Crippen LogP contribution >= 0.6 is 11.3 Å². The molecule has 0 radical (unpaired) electrons. The summed E-state index contributed by atoms with van der Waals surface area (Å²) in [6.45, 7) is 0. The van der Waals surface area contributed by atoms with Gasteiger partial charge >= 0.3 is 0 Å². The summed E-state index contributed by atoms with van der Waals surface area (Å²) in [6.07, 6.45) is 0.451. The molecule has 17 heavy (non-hydrogen) atoms. The van der Waals surface area contributed by atoms with Crippen molar-refractivity contribution < 1.29 is 8.42 Å². The lowest BCUT2D eigenvalue weighted by Crippen LogP contribution is -2.08. The van der Waals surface area contributed by atoms with Crippen molar-refractivity contribution in [3.63, 3.8) is 0 Å². The molecule has 0 atom stereocenters. The van der Waals surface area contributed by atoms with Crippen LogP contribution < -0.4 is 5.73 Å². The van der Waals surface area contributed by atoms with Crippen LogP contribution in [0.3, 0.4) is 0 Å². The van der Waals surface area contributed by atoms with Crippen LogP contribution in [0.1, 0.15) is 5.56 Å². The second kappa shape index (κ2) is 4.89. The molecule has 1 aromatic heterocycles. The summed E-state index contributed by atoms with van der Waals surface area (Å²) in [4.78, 5) is 0. The average Bonchev–Trinajstić information content (AvgIpc) is 2.82. The van der Waals surface area contributed by atoms with Gasteiger partial charge in [0.25, 0.3) is 0 Å². The van der Waals surface area contributed by atoms with E-state index >= 15 is 0 Å². The largest absolute Gasteiger partial charge is 0.399 e. The standard InChI is InChI=1S/C12H13NO2S2/c13-11-5-2-1-4-10(11)7-9-17(14,15)12-6-3-8-16-12/h1-6,8H,7,9,13H2. The molecule has 3 nitrogen and oxygen atoms in total. The highest BCUT2D eigenvalue weighted by atomic mass is 32.2. The molecule has 0 saturated carbocycles. The van der Waals surface area contributed by atoms with E-state index in [1.165, 1.54) is 11.3 Å². The maximum atomic E-state index is 11.9. The Labute approximate surface area is 105 Å². The lowest BCUT2D eigenvalue weighted by atomic mass is 10.1. The van der Waals surface area contributed by atoms with Crippen LogP contribution in [0.2, 0.25) is 0 Å². The molecule has 0 bridgehead atoms. The number of nitrogens with two attached hydrogens (primary N) is 1. The van der Waals surface area contributed by atoms with E-state index in [2.05, 4.69) is 0 Å². The third kappa shape index (κ3) is 2.87. The van der Waals surface area contributed by atoms with Gasteiger partial charge in [-0.25, -0.2) is 8.42 Å². The van der Waals surface area contributed by atoms with Crippen LogP contribution in [0.4, 0.5) is 5.69 Å². The van der Waals surface area contributed by atoms with E-state index in [0.29, 0.717) is 16.3 Å². The Kier molecular flexibility index (Phi) is 3.49. The lowest BCUT2D eigenvalue weighted by Gasteiger charge is -2.05. The van der Waals surface area contributed by atoms with Gasteiger partial charge in [-0.3, -0.25) is 0 Å².